The van der Waals surface area contributed by atoms with E-state index in [1.165, 1.54) is 36.4 Å². The first kappa shape index (κ1) is 14.0. The SMILES string of the molecule is CCNC(c1ccsc1C)C(C)(C)N1CCCC1. The summed E-state index contributed by atoms with van der Waals surface area (Å²) in [6.45, 7) is 12.7. The number of likely N-dealkylation sites (tertiary alicyclic amines) is 1. The third-order valence-electron chi connectivity index (χ3n) is 4.25. The molecule has 1 aromatic heterocycles. The molecule has 1 N–H and O–H groups in total. The first-order valence-corrected chi connectivity index (χ1v) is 7.97. The van der Waals surface area contributed by atoms with Gasteiger partial charge in [-0.3, -0.25) is 4.90 Å². The molecule has 1 unspecified atom stereocenters. The van der Waals surface area contributed by atoms with E-state index in [1.807, 2.05) is 11.3 Å². The monoisotopic (exact) mass is 266 g/mol. The molecule has 0 spiro atoms. The van der Waals surface area contributed by atoms with Crippen LogP contribution in [0.2, 0.25) is 0 Å². The normalized spacial score (nSPS) is 19.3. The molecule has 1 fully saturated rings. The molecular formula is C15H26N2S. The molecule has 1 aliphatic heterocycles. The van der Waals surface area contributed by atoms with E-state index in [4.69, 9.17) is 0 Å². The highest BCUT2D eigenvalue weighted by molar-refractivity contribution is 7.10. The lowest BCUT2D eigenvalue weighted by atomic mass is 9.87. The summed E-state index contributed by atoms with van der Waals surface area (Å²) in [5, 5.41) is 5.93. The zero-order valence-corrected chi connectivity index (χ0v) is 12.9. The van der Waals surface area contributed by atoms with Gasteiger partial charge >= 0.3 is 0 Å². The van der Waals surface area contributed by atoms with Crippen molar-refractivity contribution in [2.75, 3.05) is 19.6 Å². The average molecular weight is 266 g/mol. The van der Waals surface area contributed by atoms with Gasteiger partial charge in [-0.25, -0.2) is 0 Å². The fraction of sp³-hybridized carbons (Fsp3) is 0.733. The van der Waals surface area contributed by atoms with Gasteiger partial charge in [0, 0.05) is 10.4 Å². The number of hydrogen-bond acceptors (Lipinski definition) is 3. The molecule has 2 heterocycles. The second-order valence-corrected chi connectivity index (χ2v) is 6.89. The van der Waals surface area contributed by atoms with E-state index in [0.29, 0.717) is 6.04 Å². The molecule has 0 radical (unpaired) electrons. The van der Waals surface area contributed by atoms with E-state index in [0.717, 1.165) is 6.54 Å². The van der Waals surface area contributed by atoms with Crippen molar-refractivity contribution in [2.24, 2.45) is 0 Å². The minimum atomic E-state index is 0.193. The minimum absolute atomic E-state index is 0.193. The largest absolute Gasteiger partial charge is 0.309 e. The molecule has 1 aromatic rings. The van der Waals surface area contributed by atoms with Crippen LogP contribution in [0.3, 0.4) is 0 Å². The van der Waals surface area contributed by atoms with Gasteiger partial charge in [0.2, 0.25) is 0 Å². The van der Waals surface area contributed by atoms with Crippen molar-refractivity contribution in [1.29, 1.82) is 0 Å². The molecule has 102 valence electrons. The summed E-state index contributed by atoms with van der Waals surface area (Å²) >= 11 is 1.86. The van der Waals surface area contributed by atoms with E-state index < -0.39 is 0 Å². The Morgan fingerprint density at radius 3 is 2.56 bits per heavy atom. The molecule has 0 saturated carbocycles. The molecule has 2 rings (SSSR count). The van der Waals surface area contributed by atoms with Crippen LogP contribution >= 0.6 is 11.3 Å². The van der Waals surface area contributed by atoms with Gasteiger partial charge in [0.25, 0.3) is 0 Å². The van der Waals surface area contributed by atoms with Crippen molar-refractivity contribution < 1.29 is 0 Å². The summed E-state index contributed by atoms with van der Waals surface area (Å²) in [5.74, 6) is 0. The van der Waals surface area contributed by atoms with E-state index in [-0.39, 0.29) is 5.54 Å². The molecule has 18 heavy (non-hydrogen) atoms. The van der Waals surface area contributed by atoms with Crippen molar-refractivity contribution in [1.82, 2.24) is 10.2 Å². The Morgan fingerprint density at radius 2 is 2.06 bits per heavy atom. The standard InChI is InChI=1S/C15H26N2S/c1-5-16-14(13-8-11-18-12(13)2)15(3,4)17-9-6-7-10-17/h8,11,14,16H,5-7,9-10H2,1-4H3. The average Bonchev–Trinajstić information content (AvgIpc) is 2.96. The van der Waals surface area contributed by atoms with Gasteiger partial charge in [-0.1, -0.05) is 6.92 Å². The molecule has 0 amide bonds. The molecular weight excluding hydrogens is 240 g/mol. The zero-order chi connectivity index (χ0) is 13.2. The van der Waals surface area contributed by atoms with E-state index in [1.54, 1.807) is 0 Å². The Morgan fingerprint density at radius 1 is 1.39 bits per heavy atom. The summed E-state index contributed by atoms with van der Waals surface area (Å²) in [6, 6.07) is 2.73. The number of likely N-dealkylation sites (N-methyl/N-ethyl adjacent to an activating group) is 1. The van der Waals surface area contributed by atoms with Gasteiger partial charge in [-0.15, -0.1) is 11.3 Å². The smallest absolute Gasteiger partial charge is 0.0512 e. The maximum atomic E-state index is 3.71. The lowest BCUT2D eigenvalue weighted by molar-refractivity contribution is 0.107. The van der Waals surface area contributed by atoms with Gasteiger partial charge in [0.05, 0.1) is 6.04 Å². The topological polar surface area (TPSA) is 15.3 Å². The summed E-state index contributed by atoms with van der Waals surface area (Å²) in [6.07, 6.45) is 2.70. The van der Waals surface area contributed by atoms with Gasteiger partial charge in [-0.2, -0.15) is 0 Å². The van der Waals surface area contributed by atoms with Crippen LogP contribution in [0.15, 0.2) is 11.4 Å². The number of rotatable bonds is 5. The highest BCUT2D eigenvalue weighted by Crippen LogP contribution is 2.36. The number of aryl methyl sites for hydroxylation is 1. The fourth-order valence-corrected chi connectivity index (χ4v) is 3.86. The maximum Gasteiger partial charge on any atom is 0.0512 e. The predicted octanol–water partition coefficient (Wildman–Crippen LogP) is 3.58. The van der Waals surface area contributed by atoms with Crippen LogP contribution in [0.1, 0.15) is 50.1 Å². The van der Waals surface area contributed by atoms with Gasteiger partial charge < -0.3 is 5.32 Å². The van der Waals surface area contributed by atoms with Crippen molar-refractivity contribution in [3.8, 4) is 0 Å². The molecule has 2 nitrogen and oxygen atoms in total. The second-order valence-electron chi connectivity index (χ2n) is 5.77. The Labute approximate surface area is 115 Å². The lowest BCUT2D eigenvalue weighted by Gasteiger charge is -2.42. The molecule has 1 aliphatic rings. The first-order chi connectivity index (χ1) is 8.57. The maximum absolute atomic E-state index is 3.71. The number of nitrogens with zero attached hydrogens (tertiary/aromatic N) is 1. The van der Waals surface area contributed by atoms with Crippen LogP contribution in [0.5, 0.6) is 0 Å². The Balaban J connectivity index is 2.26. The Hall–Kier alpha value is -0.380. The number of thiophene rings is 1. The second kappa shape index (κ2) is 5.72. The molecule has 3 heteroatoms. The summed E-state index contributed by atoms with van der Waals surface area (Å²) in [5.41, 5.74) is 1.68. The number of nitrogens with one attached hydrogen (secondary N) is 1. The molecule has 1 saturated heterocycles. The summed E-state index contributed by atoms with van der Waals surface area (Å²) < 4.78 is 0. The van der Waals surface area contributed by atoms with E-state index in [9.17, 15) is 0 Å². The fourth-order valence-electron chi connectivity index (χ4n) is 3.11. The Kier molecular flexibility index (Phi) is 4.46. The molecule has 0 aliphatic carbocycles. The van der Waals surface area contributed by atoms with Crippen molar-refractivity contribution in [3.05, 3.63) is 21.9 Å². The highest BCUT2D eigenvalue weighted by Gasteiger charge is 2.37. The minimum Gasteiger partial charge on any atom is -0.309 e. The summed E-state index contributed by atoms with van der Waals surface area (Å²) in [7, 11) is 0. The summed E-state index contributed by atoms with van der Waals surface area (Å²) in [4.78, 5) is 4.10. The third-order valence-corrected chi connectivity index (χ3v) is 5.11. The van der Waals surface area contributed by atoms with Crippen LogP contribution < -0.4 is 5.32 Å². The number of hydrogen-bond donors (Lipinski definition) is 1. The van der Waals surface area contributed by atoms with Gasteiger partial charge in [0.15, 0.2) is 0 Å². The van der Waals surface area contributed by atoms with Crippen LogP contribution in [-0.2, 0) is 0 Å². The molecule has 0 aromatic carbocycles. The molecule has 0 bridgehead atoms. The van der Waals surface area contributed by atoms with E-state index >= 15 is 0 Å². The zero-order valence-electron chi connectivity index (χ0n) is 12.1. The van der Waals surface area contributed by atoms with Crippen molar-refractivity contribution in [2.45, 2.75) is 52.1 Å². The van der Waals surface area contributed by atoms with E-state index in [2.05, 4.69) is 49.4 Å². The van der Waals surface area contributed by atoms with Crippen molar-refractivity contribution >= 4 is 11.3 Å². The van der Waals surface area contributed by atoms with Crippen LogP contribution in [0.25, 0.3) is 0 Å². The van der Waals surface area contributed by atoms with Crippen LogP contribution in [0.4, 0.5) is 0 Å². The van der Waals surface area contributed by atoms with Crippen LogP contribution in [0, 0.1) is 6.92 Å². The van der Waals surface area contributed by atoms with Crippen molar-refractivity contribution in [3.63, 3.8) is 0 Å². The Bertz CT molecular complexity index is 378. The lowest BCUT2D eigenvalue weighted by Crippen LogP contribution is -2.51. The van der Waals surface area contributed by atoms with Gasteiger partial charge in [0.1, 0.15) is 0 Å². The third kappa shape index (κ3) is 2.63. The quantitative estimate of drug-likeness (QED) is 0.876. The van der Waals surface area contributed by atoms with Crippen LogP contribution in [-0.4, -0.2) is 30.1 Å². The molecule has 1 atom stereocenters. The first-order valence-electron chi connectivity index (χ1n) is 7.09. The highest BCUT2D eigenvalue weighted by atomic mass is 32.1. The van der Waals surface area contributed by atoms with Gasteiger partial charge in [-0.05, 0) is 70.3 Å². The predicted molar refractivity (Wildman–Crippen MR) is 80.4 cm³/mol.